The van der Waals surface area contributed by atoms with Gasteiger partial charge >= 0.3 is 0 Å². The minimum absolute atomic E-state index is 0.189. The molecule has 1 saturated carbocycles. The molecule has 4 heteroatoms. The maximum absolute atomic E-state index is 11.6. The van der Waals surface area contributed by atoms with Crippen molar-refractivity contribution >= 4 is 22.2 Å². The molecular formula is C11H13NO2S. The molecule has 1 aromatic heterocycles. The second kappa shape index (κ2) is 3.61. The Bertz CT molecular complexity index is 372. The van der Waals surface area contributed by atoms with Crippen molar-refractivity contribution < 1.29 is 9.53 Å². The smallest absolute Gasteiger partial charge is 0.228 e. The Hall–Kier alpha value is -0.870. The van der Waals surface area contributed by atoms with Gasteiger partial charge in [0.25, 0.3) is 0 Å². The summed E-state index contributed by atoms with van der Waals surface area (Å²) in [6, 6.07) is 2.10. The summed E-state index contributed by atoms with van der Waals surface area (Å²) in [5.74, 6) is 0.467. The van der Waals surface area contributed by atoms with Crippen molar-refractivity contribution in [1.82, 2.24) is 0 Å². The fourth-order valence-electron chi connectivity index (χ4n) is 1.78. The van der Waals surface area contributed by atoms with Gasteiger partial charge in [0.05, 0.1) is 18.2 Å². The van der Waals surface area contributed by atoms with E-state index in [0.29, 0.717) is 6.61 Å². The third-order valence-corrected chi connectivity index (χ3v) is 3.91. The number of hydrogen-bond donors (Lipinski definition) is 1. The number of carbonyl (C=O) groups is 1. The number of rotatable bonds is 2. The van der Waals surface area contributed by atoms with Crippen molar-refractivity contribution in [2.45, 2.75) is 25.9 Å². The van der Waals surface area contributed by atoms with Crippen LogP contribution in [0.25, 0.3) is 0 Å². The predicted molar refractivity (Wildman–Crippen MR) is 59.0 cm³/mol. The second-order valence-electron chi connectivity index (χ2n) is 4.13. The topological polar surface area (TPSA) is 38.3 Å². The normalized spacial score (nSPS) is 19.7. The molecular weight excluding hydrogens is 210 g/mol. The molecule has 80 valence electrons. The summed E-state index contributed by atoms with van der Waals surface area (Å²) in [4.78, 5) is 12.8. The zero-order valence-corrected chi connectivity index (χ0v) is 9.23. The minimum Gasteiger partial charge on any atom is -0.376 e. The highest BCUT2D eigenvalue weighted by Crippen LogP contribution is 2.34. The molecule has 2 aliphatic rings. The van der Waals surface area contributed by atoms with Gasteiger partial charge in [-0.1, -0.05) is 0 Å². The molecule has 1 aliphatic heterocycles. The van der Waals surface area contributed by atoms with E-state index in [2.05, 4.69) is 11.4 Å². The van der Waals surface area contributed by atoms with Crippen LogP contribution in [0.2, 0.25) is 0 Å². The Morgan fingerprint density at radius 1 is 1.53 bits per heavy atom. The van der Waals surface area contributed by atoms with Crippen molar-refractivity contribution in [3.05, 3.63) is 16.5 Å². The lowest BCUT2D eigenvalue weighted by Gasteiger charge is -2.10. The van der Waals surface area contributed by atoms with Crippen molar-refractivity contribution in [2.24, 2.45) is 5.92 Å². The van der Waals surface area contributed by atoms with Gasteiger partial charge in [0.1, 0.15) is 0 Å². The van der Waals surface area contributed by atoms with Gasteiger partial charge in [-0.2, -0.15) is 0 Å². The summed E-state index contributed by atoms with van der Waals surface area (Å²) >= 11 is 1.65. The van der Waals surface area contributed by atoms with E-state index in [0.717, 1.165) is 30.9 Å². The molecule has 0 bridgehead atoms. The molecule has 15 heavy (non-hydrogen) atoms. The van der Waals surface area contributed by atoms with Gasteiger partial charge in [0, 0.05) is 10.8 Å². The lowest BCUT2D eigenvalue weighted by atomic mass is 10.2. The fraction of sp³-hybridized carbons (Fsp3) is 0.545. The van der Waals surface area contributed by atoms with Crippen LogP contribution < -0.4 is 5.32 Å². The molecule has 1 aliphatic carbocycles. The summed E-state index contributed by atoms with van der Waals surface area (Å²) in [6.45, 7) is 1.51. The van der Waals surface area contributed by atoms with Gasteiger partial charge in [0.2, 0.25) is 5.91 Å². The van der Waals surface area contributed by atoms with Crippen molar-refractivity contribution in [3.63, 3.8) is 0 Å². The van der Waals surface area contributed by atoms with Crippen LogP contribution in [-0.2, 0) is 22.6 Å². The van der Waals surface area contributed by atoms with E-state index >= 15 is 0 Å². The predicted octanol–water partition coefficient (Wildman–Crippen LogP) is 2.17. The Kier molecular flexibility index (Phi) is 2.25. The Morgan fingerprint density at radius 2 is 2.40 bits per heavy atom. The zero-order chi connectivity index (χ0) is 10.3. The number of ether oxygens (including phenoxy) is 1. The lowest BCUT2D eigenvalue weighted by Crippen LogP contribution is -2.12. The van der Waals surface area contributed by atoms with Gasteiger partial charge in [-0.3, -0.25) is 4.79 Å². The number of carbonyl (C=O) groups excluding carboxylic acids is 1. The molecule has 1 amide bonds. The van der Waals surface area contributed by atoms with E-state index in [1.54, 1.807) is 11.3 Å². The quantitative estimate of drug-likeness (QED) is 0.834. The third-order valence-electron chi connectivity index (χ3n) is 2.84. The van der Waals surface area contributed by atoms with Crippen LogP contribution in [0.1, 0.15) is 23.3 Å². The number of hydrogen-bond acceptors (Lipinski definition) is 3. The molecule has 0 radical (unpaired) electrons. The van der Waals surface area contributed by atoms with Crippen LogP contribution in [0.15, 0.2) is 6.07 Å². The van der Waals surface area contributed by atoms with E-state index in [4.69, 9.17) is 4.74 Å². The summed E-state index contributed by atoms with van der Waals surface area (Å²) in [6.07, 6.45) is 3.09. The van der Waals surface area contributed by atoms with Crippen LogP contribution in [0.5, 0.6) is 0 Å². The van der Waals surface area contributed by atoms with E-state index in [1.165, 1.54) is 10.4 Å². The highest BCUT2D eigenvalue weighted by Gasteiger charge is 2.30. The molecule has 0 atom stereocenters. The monoisotopic (exact) mass is 223 g/mol. The Morgan fingerprint density at radius 3 is 3.13 bits per heavy atom. The van der Waals surface area contributed by atoms with Gasteiger partial charge in [-0.05, 0) is 30.9 Å². The van der Waals surface area contributed by atoms with Crippen LogP contribution in [0.3, 0.4) is 0 Å². The minimum atomic E-state index is 0.189. The first-order valence-electron chi connectivity index (χ1n) is 5.33. The SMILES string of the molecule is O=C(Nc1cc2c(s1)COCC2)C1CC1. The second-order valence-corrected chi connectivity index (χ2v) is 5.26. The van der Waals surface area contributed by atoms with Crippen LogP contribution in [0.4, 0.5) is 5.00 Å². The molecule has 0 unspecified atom stereocenters. The number of anilines is 1. The zero-order valence-electron chi connectivity index (χ0n) is 8.41. The summed E-state index contributed by atoms with van der Waals surface area (Å²) in [7, 11) is 0. The standard InChI is InChI=1S/C11H13NO2S/c13-11(7-1-2-7)12-10-5-8-3-4-14-6-9(8)15-10/h5,7H,1-4,6H2,(H,12,13). The van der Waals surface area contributed by atoms with Crippen molar-refractivity contribution in [2.75, 3.05) is 11.9 Å². The fourth-order valence-corrected chi connectivity index (χ4v) is 2.83. The van der Waals surface area contributed by atoms with E-state index in [9.17, 15) is 4.79 Å². The number of thiophene rings is 1. The van der Waals surface area contributed by atoms with Crippen molar-refractivity contribution in [1.29, 1.82) is 0 Å². The van der Waals surface area contributed by atoms with Crippen molar-refractivity contribution in [3.8, 4) is 0 Å². The Balaban J connectivity index is 1.74. The Labute approximate surface area is 92.4 Å². The first-order chi connectivity index (χ1) is 7.33. The van der Waals surface area contributed by atoms with Crippen LogP contribution in [-0.4, -0.2) is 12.5 Å². The van der Waals surface area contributed by atoms with E-state index in [1.807, 2.05) is 0 Å². The number of nitrogens with one attached hydrogen (secondary N) is 1. The molecule has 0 spiro atoms. The maximum Gasteiger partial charge on any atom is 0.228 e. The first-order valence-corrected chi connectivity index (χ1v) is 6.15. The van der Waals surface area contributed by atoms with Gasteiger partial charge in [0.15, 0.2) is 0 Å². The van der Waals surface area contributed by atoms with Crippen LogP contribution >= 0.6 is 11.3 Å². The summed E-state index contributed by atoms with van der Waals surface area (Å²) < 4.78 is 5.37. The largest absolute Gasteiger partial charge is 0.376 e. The molecule has 0 aromatic carbocycles. The summed E-state index contributed by atoms with van der Waals surface area (Å²) in [5, 5.41) is 3.97. The molecule has 3 rings (SSSR count). The average Bonchev–Trinajstić information content (AvgIpc) is 2.99. The average molecular weight is 223 g/mol. The van der Waals surface area contributed by atoms with Gasteiger partial charge < -0.3 is 10.1 Å². The van der Waals surface area contributed by atoms with E-state index < -0.39 is 0 Å². The number of amides is 1. The molecule has 1 N–H and O–H groups in total. The molecule has 1 aromatic rings. The summed E-state index contributed by atoms with van der Waals surface area (Å²) in [5.41, 5.74) is 1.34. The molecule has 0 saturated heterocycles. The first kappa shape index (κ1) is 9.36. The maximum atomic E-state index is 11.6. The van der Waals surface area contributed by atoms with E-state index in [-0.39, 0.29) is 11.8 Å². The number of fused-ring (bicyclic) bond motifs is 1. The molecule has 2 heterocycles. The highest BCUT2D eigenvalue weighted by molar-refractivity contribution is 7.16. The van der Waals surface area contributed by atoms with Crippen LogP contribution in [0, 0.1) is 5.92 Å². The molecule has 1 fully saturated rings. The molecule has 3 nitrogen and oxygen atoms in total. The third kappa shape index (κ3) is 1.92. The highest BCUT2D eigenvalue weighted by atomic mass is 32.1. The van der Waals surface area contributed by atoms with Gasteiger partial charge in [-0.25, -0.2) is 0 Å². The van der Waals surface area contributed by atoms with Gasteiger partial charge in [-0.15, -0.1) is 11.3 Å². The lowest BCUT2D eigenvalue weighted by molar-refractivity contribution is -0.117.